The molecule has 0 unspecified atom stereocenters. The molecule has 0 spiro atoms. The van der Waals surface area contributed by atoms with Crippen LogP contribution in [0.5, 0.6) is 5.75 Å². The second-order valence-corrected chi connectivity index (χ2v) is 6.04. The van der Waals surface area contributed by atoms with E-state index in [1.807, 2.05) is 49.4 Å². The fourth-order valence-electron chi connectivity index (χ4n) is 2.32. The van der Waals surface area contributed by atoms with Gasteiger partial charge in [0.1, 0.15) is 17.9 Å². The highest BCUT2D eigenvalue weighted by atomic mass is 79.9. The molecule has 0 bridgehead atoms. The molecule has 0 radical (unpaired) electrons. The van der Waals surface area contributed by atoms with Gasteiger partial charge in [0.05, 0.1) is 7.11 Å². The molecule has 2 aromatic carbocycles. The molecule has 1 aromatic heterocycles. The van der Waals surface area contributed by atoms with E-state index in [0.29, 0.717) is 5.58 Å². The lowest BCUT2D eigenvalue weighted by molar-refractivity contribution is 0.0437. The summed E-state index contributed by atoms with van der Waals surface area (Å²) >= 11 is 3.42. The van der Waals surface area contributed by atoms with Crippen LogP contribution >= 0.6 is 15.9 Å². The lowest BCUT2D eigenvalue weighted by Crippen LogP contribution is -2.05. The summed E-state index contributed by atoms with van der Waals surface area (Å²) in [6.07, 6.45) is 0. The molecule has 0 atom stereocenters. The molecule has 1 heterocycles. The van der Waals surface area contributed by atoms with Gasteiger partial charge in [-0.15, -0.1) is 0 Å². The standard InChI is InChI=1S/C18H15BrO4/c1-11-15-9-13(19)5-8-16(15)23-17(11)18(20)22-10-12-3-6-14(21-2)7-4-12/h3-9H,10H2,1-2H3. The maximum Gasteiger partial charge on any atom is 0.374 e. The van der Waals surface area contributed by atoms with Crippen molar-refractivity contribution in [2.75, 3.05) is 7.11 Å². The number of furan rings is 1. The van der Waals surface area contributed by atoms with Gasteiger partial charge >= 0.3 is 5.97 Å². The topological polar surface area (TPSA) is 48.7 Å². The van der Waals surface area contributed by atoms with Crippen molar-refractivity contribution in [3.63, 3.8) is 0 Å². The highest BCUT2D eigenvalue weighted by molar-refractivity contribution is 9.10. The molecule has 0 aliphatic rings. The van der Waals surface area contributed by atoms with E-state index in [0.717, 1.165) is 26.7 Å². The van der Waals surface area contributed by atoms with Gasteiger partial charge in [-0.05, 0) is 42.8 Å². The minimum absolute atomic E-state index is 0.184. The van der Waals surface area contributed by atoms with E-state index in [4.69, 9.17) is 13.9 Å². The van der Waals surface area contributed by atoms with Crippen LogP contribution in [0.15, 0.2) is 51.4 Å². The third-order valence-electron chi connectivity index (χ3n) is 3.61. The van der Waals surface area contributed by atoms with Crippen LogP contribution in [0, 0.1) is 6.92 Å². The van der Waals surface area contributed by atoms with Crippen LogP contribution in [-0.2, 0) is 11.3 Å². The quantitative estimate of drug-likeness (QED) is 0.611. The number of ether oxygens (including phenoxy) is 2. The molecule has 0 amide bonds. The fraction of sp³-hybridized carbons (Fsp3) is 0.167. The number of rotatable bonds is 4. The summed E-state index contributed by atoms with van der Waals surface area (Å²) in [5.74, 6) is 0.538. The van der Waals surface area contributed by atoms with E-state index in [1.54, 1.807) is 7.11 Å². The normalized spacial score (nSPS) is 10.7. The van der Waals surface area contributed by atoms with Crippen LogP contribution in [-0.4, -0.2) is 13.1 Å². The minimum Gasteiger partial charge on any atom is -0.497 e. The smallest absolute Gasteiger partial charge is 0.374 e. The largest absolute Gasteiger partial charge is 0.497 e. The average Bonchev–Trinajstić information content (AvgIpc) is 2.90. The summed E-state index contributed by atoms with van der Waals surface area (Å²) in [7, 11) is 1.61. The number of fused-ring (bicyclic) bond motifs is 1. The van der Waals surface area contributed by atoms with Gasteiger partial charge in [0.25, 0.3) is 0 Å². The van der Waals surface area contributed by atoms with Gasteiger partial charge in [-0.1, -0.05) is 28.1 Å². The van der Waals surface area contributed by atoms with Crippen molar-refractivity contribution in [1.29, 1.82) is 0 Å². The maximum atomic E-state index is 12.3. The first-order valence-corrected chi connectivity index (χ1v) is 7.86. The zero-order valence-electron chi connectivity index (χ0n) is 12.8. The molecule has 3 aromatic rings. The Morgan fingerprint density at radius 2 is 1.91 bits per heavy atom. The Hall–Kier alpha value is -2.27. The molecule has 0 saturated carbocycles. The van der Waals surface area contributed by atoms with Gasteiger partial charge in [-0.3, -0.25) is 0 Å². The first kappa shape index (κ1) is 15.6. The molecule has 4 nitrogen and oxygen atoms in total. The van der Waals surface area contributed by atoms with Crippen molar-refractivity contribution >= 4 is 32.9 Å². The molecule has 5 heteroatoms. The molecule has 23 heavy (non-hydrogen) atoms. The number of carbonyl (C=O) groups excluding carboxylic acids is 1. The van der Waals surface area contributed by atoms with Crippen molar-refractivity contribution in [1.82, 2.24) is 0 Å². The number of halogens is 1. The summed E-state index contributed by atoms with van der Waals surface area (Å²) in [6, 6.07) is 13.0. The van der Waals surface area contributed by atoms with Crippen LogP contribution in [0.25, 0.3) is 11.0 Å². The number of carbonyl (C=O) groups is 1. The van der Waals surface area contributed by atoms with E-state index < -0.39 is 5.97 Å². The molecule has 0 fully saturated rings. The molecule has 0 aliphatic heterocycles. The van der Waals surface area contributed by atoms with Crippen molar-refractivity contribution in [2.45, 2.75) is 13.5 Å². The molecular formula is C18H15BrO4. The second-order valence-electron chi connectivity index (χ2n) is 5.12. The fourth-order valence-corrected chi connectivity index (χ4v) is 2.69. The number of aryl methyl sites for hydroxylation is 1. The monoisotopic (exact) mass is 374 g/mol. The lowest BCUT2D eigenvalue weighted by atomic mass is 10.1. The summed E-state index contributed by atoms with van der Waals surface area (Å²) in [4.78, 5) is 12.3. The first-order chi connectivity index (χ1) is 11.1. The Kier molecular flexibility index (Phi) is 4.39. The molecular weight excluding hydrogens is 360 g/mol. The second kappa shape index (κ2) is 6.46. The Balaban J connectivity index is 1.76. The zero-order valence-corrected chi connectivity index (χ0v) is 14.3. The number of hydrogen-bond donors (Lipinski definition) is 0. The van der Waals surface area contributed by atoms with Crippen LogP contribution < -0.4 is 4.74 Å². The third kappa shape index (κ3) is 3.24. The van der Waals surface area contributed by atoms with Gasteiger partial charge < -0.3 is 13.9 Å². The molecule has 0 N–H and O–H groups in total. The highest BCUT2D eigenvalue weighted by Crippen LogP contribution is 2.28. The number of benzene rings is 2. The Morgan fingerprint density at radius 1 is 1.17 bits per heavy atom. The molecule has 118 valence electrons. The maximum absolute atomic E-state index is 12.3. The van der Waals surface area contributed by atoms with Gasteiger partial charge in [0.2, 0.25) is 5.76 Å². The Labute approximate surface area is 142 Å². The van der Waals surface area contributed by atoms with Crippen molar-refractivity contribution in [3.05, 3.63) is 63.8 Å². The van der Waals surface area contributed by atoms with Gasteiger partial charge in [-0.2, -0.15) is 0 Å². The van der Waals surface area contributed by atoms with E-state index >= 15 is 0 Å². The van der Waals surface area contributed by atoms with E-state index in [1.165, 1.54) is 0 Å². The zero-order chi connectivity index (χ0) is 16.4. The SMILES string of the molecule is COc1ccc(COC(=O)c2oc3ccc(Br)cc3c2C)cc1. The van der Waals surface area contributed by atoms with Crippen LogP contribution in [0.4, 0.5) is 0 Å². The van der Waals surface area contributed by atoms with Crippen LogP contribution in [0.1, 0.15) is 21.7 Å². The third-order valence-corrected chi connectivity index (χ3v) is 4.11. The van der Waals surface area contributed by atoms with Gasteiger partial charge in [-0.25, -0.2) is 4.79 Å². The van der Waals surface area contributed by atoms with Crippen LogP contribution in [0.2, 0.25) is 0 Å². The van der Waals surface area contributed by atoms with Crippen molar-refractivity contribution < 1.29 is 18.7 Å². The highest BCUT2D eigenvalue weighted by Gasteiger charge is 2.19. The van der Waals surface area contributed by atoms with Crippen molar-refractivity contribution in [2.24, 2.45) is 0 Å². The van der Waals surface area contributed by atoms with Crippen molar-refractivity contribution in [3.8, 4) is 5.75 Å². The average molecular weight is 375 g/mol. The first-order valence-electron chi connectivity index (χ1n) is 7.07. The van der Waals surface area contributed by atoms with E-state index in [9.17, 15) is 4.79 Å². The Bertz CT molecular complexity index is 849. The number of esters is 1. The van der Waals surface area contributed by atoms with E-state index in [2.05, 4.69) is 15.9 Å². The molecule has 0 aliphatic carbocycles. The molecule has 0 saturated heterocycles. The van der Waals surface area contributed by atoms with Gasteiger partial charge in [0.15, 0.2) is 0 Å². The van der Waals surface area contributed by atoms with Gasteiger partial charge in [0, 0.05) is 15.4 Å². The Morgan fingerprint density at radius 3 is 2.61 bits per heavy atom. The summed E-state index contributed by atoms with van der Waals surface area (Å²) in [5.41, 5.74) is 2.33. The molecule has 3 rings (SSSR count). The lowest BCUT2D eigenvalue weighted by Gasteiger charge is -2.05. The minimum atomic E-state index is -0.467. The van der Waals surface area contributed by atoms with Crippen LogP contribution in [0.3, 0.4) is 0 Å². The predicted molar refractivity (Wildman–Crippen MR) is 90.8 cm³/mol. The summed E-state index contributed by atoms with van der Waals surface area (Å²) in [6.45, 7) is 2.03. The number of methoxy groups -OCH3 is 1. The number of hydrogen-bond acceptors (Lipinski definition) is 4. The summed E-state index contributed by atoms with van der Waals surface area (Å²) < 4.78 is 17.0. The van der Waals surface area contributed by atoms with E-state index in [-0.39, 0.29) is 12.4 Å². The summed E-state index contributed by atoms with van der Waals surface area (Å²) in [5, 5.41) is 0.899. The predicted octanol–water partition coefficient (Wildman–Crippen LogP) is 4.87.